The molecule has 2 atom stereocenters. The van der Waals surface area contributed by atoms with Crippen molar-refractivity contribution in [3.8, 4) is 0 Å². The number of hydrogen-bond donors (Lipinski definition) is 0. The number of rotatable bonds is 2. The first-order valence-electron chi connectivity index (χ1n) is 6.71. The van der Waals surface area contributed by atoms with E-state index in [0.29, 0.717) is 6.42 Å². The molecule has 0 bridgehead atoms. The van der Waals surface area contributed by atoms with Crippen LogP contribution in [-0.2, 0) is 19.4 Å². The molecule has 2 unspecified atom stereocenters. The molecule has 0 amide bonds. The number of carbonyl (C=O) groups excluding carboxylic acids is 1. The van der Waals surface area contributed by atoms with Gasteiger partial charge in [-0.25, -0.2) is 8.42 Å². The molecule has 20 heavy (non-hydrogen) atoms. The van der Waals surface area contributed by atoms with Crippen LogP contribution in [0, 0.1) is 5.41 Å². The normalized spacial score (nSPS) is 24.2. The third-order valence-electron chi connectivity index (χ3n) is 3.55. The molecule has 1 fully saturated rings. The third-order valence-corrected chi connectivity index (χ3v) is 5.76. The van der Waals surface area contributed by atoms with E-state index in [1.165, 1.54) is 0 Å². The van der Waals surface area contributed by atoms with E-state index in [1.54, 1.807) is 30.3 Å². The van der Waals surface area contributed by atoms with Crippen LogP contribution in [0.25, 0.3) is 0 Å². The maximum Gasteiger partial charge on any atom is 0.306 e. The van der Waals surface area contributed by atoms with Crippen molar-refractivity contribution in [1.29, 1.82) is 0 Å². The van der Waals surface area contributed by atoms with Gasteiger partial charge >= 0.3 is 5.97 Å². The van der Waals surface area contributed by atoms with Crippen molar-refractivity contribution in [3.05, 3.63) is 30.3 Å². The summed E-state index contributed by atoms with van der Waals surface area (Å²) in [4.78, 5) is 11.8. The maximum atomic E-state index is 12.8. The molecular formula is C15H20O4S. The molecule has 1 aromatic rings. The molecule has 0 aliphatic carbocycles. The summed E-state index contributed by atoms with van der Waals surface area (Å²) in [7, 11) is -3.49. The Kier molecular flexibility index (Phi) is 3.91. The average molecular weight is 296 g/mol. The molecular weight excluding hydrogens is 276 g/mol. The van der Waals surface area contributed by atoms with E-state index < -0.39 is 26.6 Å². The molecule has 2 rings (SSSR count). The SMILES string of the molecule is CC(C)(C)C1OC(=O)CCC1S(=O)(=O)c1ccccc1. The predicted octanol–water partition coefficient (Wildman–Crippen LogP) is 2.58. The van der Waals surface area contributed by atoms with Gasteiger partial charge in [0.1, 0.15) is 11.4 Å². The lowest BCUT2D eigenvalue weighted by Gasteiger charge is -2.38. The highest BCUT2D eigenvalue weighted by Crippen LogP contribution is 2.36. The lowest BCUT2D eigenvalue weighted by atomic mass is 9.84. The van der Waals surface area contributed by atoms with Gasteiger partial charge in [-0.05, 0) is 18.6 Å². The molecule has 1 aliphatic rings. The third kappa shape index (κ3) is 2.87. The molecule has 5 heteroatoms. The van der Waals surface area contributed by atoms with E-state index in [2.05, 4.69) is 0 Å². The molecule has 1 aliphatic heterocycles. The van der Waals surface area contributed by atoms with E-state index >= 15 is 0 Å². The van der Waals surface area contributed by atoms with E-state index in [0.717, 1.165) is 0 Å². The fraction of sp³-hybridized carbons (Fsp3) is 0.533. The fourth-order valence-electron chi connectivity index (χ4n) is 2.53. The summed E-state index contributed by atoms with van der Waals surface area (Å²) >= 11 is 0. The second-order valence-corrected chi connectivity index (χ2v) is 8.38. The summed E-state index contributed by atoms with van der Waals surface area (Å²) in [5.41, 5.74) is -0.414. The Bertz CT molecular complexity index is 584. The van der Waals surface area contributed by atoms with E-state index in [9.17, 15) is 13.2 Å². The van der Waals surface area contributed by atoms with Crippen LogP contribution >= 0.6 is 0 Å². The zero-order chi connectivity index (χ0) is 15.0. The minimum atomic E-state index is -3.49. The van der Waals surface area contributed by atoms with Gasteiger partial charge in [0.2, 0.25) is 0 Å². The van der Waals surface area contributed by atoms with Gasteiger partial charge < -0.3 is 4.74 Å². The topological polar surface area (TPSA) is 60.4 Å². The molecule has 0 spiro atoms. The highest BCUT2D eigenvalue weighted by atomic mass is 32.2. The van der Waals surface area contributed by atoms with Crippen LogP contribution in [0.15, 0.2) is 35.2 Å². The van der Waals surface area contributed by atoms with Gasteiger partial charge in [0.25, 0.3) is 0 Å². The maximum absolute atomic E-state index is 12.8. The van der Waals surface area contributed by atoms with Crippen molar-refractivity contribution >= 4 is 15.8 Å². The van der Waals surface area contributed by atoms with Gasteiger partial charge in [0.15, 0.2) is 9.84 Å². The predicted molar refractivity (Wildman–Crippen MR) is 76.0 cm³/mol. The molecule has 1 saturated heterocycles. The van der Waals surface area contributed by atoms with E-state index in [-0.39, 0.29) is 17.3 Å². The van der Waals surface area contributed by atoms with Crippen LogP contribution in [0.1, 0.15) is 33.6 Å². The molecule has 110 valence electrons. The van der Waals surface area contributed by atoms with Gasteiger partial charge in [0.05, 0.1) is 4.90 Å². The van der Waals surface area contributed by atoms with Crippen LogP contribution in [0.5, 0.6) is 0 Å². The van der Waals surface area contributed by atoms with Crippen molar-refractivity contribution in [2.24, 2.45) is 5.41 Å². The Morgan fingerprint density at radius 3 is 2.30 bits per heavy atom. The van der Waals surface area contributed by atoms with Gasteiger partial charge in [0, 0.05) is 11.8 Å². The molecule has 1 heterocycles. The zero-order valence-electron chi connectivity index (χ0n) is 12.0. The number of sulfone groups is 1. The molecule has 4 nitrogen and oxygen atoms in total. The summed E-state index contributed by atoms with van der Waals surface area (Å²) in [5.74, 6) is -0.315. The van der Waals surface area contributed by atoms with E-state index in [1.807, 2.05) is 20.8 Å². The fourth-order valence-corrected chi connectivity index (χ4v) is 4.63. The monoisotopic (exact) mass is 296 g/mol. The highest BCUT2D eigenvalue weighted by Gasteiger charge is 2.46. The minimum Gasteiger partial charge on any atom is -0.460 e. The van der Waals surface area contributed by atoms with Crippen LogP contribution < -0.4 is 0 Å². The lowest BCUT2D eigenvalue weighted by Crippen LogP contribution is -2.48. The Morgan fingerprint density at radius 2 is 1.75 bits per heavy atom. The number of esters is 1. The average Bonchev–Trinajstić information content (AvgIpc) is 2.38. The van der Waals surface area contributed by atoms with Crippen molar-refractivity contribution in [1.82, 2.24) is 0 Å². The first-order chi connectivity index (χ1) is 9.23. The second kappa shape index (κ2) is 5.20. The smallest absolute Gasteiger partial charge is 0.306 e. The van der Waals surface area contributed by atoms with Crippen LogP contribution in [0.3, 0.4) is 0 Å². The summed E-state index contributed by atoms with van der Waals surface area (Å²) < 4.78 is 30.9. The van der Waals surface area contributed by atoms with Crippen molar-refractivity contribution in [3.63, 3.8) is 0 Å². The molecule has 0 saturated carbocycles. The molecule has 0 radical (unpaired) electrons. The lowest BCUT2D eigenvalue weighted by molar-refractivity contribution is -0.159. The Labute approximate surface area is 120 Å². The summed E-state index contributed by atoms with van der Waals surface area (Å²) in [6, 6.07) is 8.36. The summed E-state index contributed by atoms with van der Waals surface area (Å²) in [5, 5.41) is -0.678. The Hall–Kier alpha value is -1.36. The van der Waals surface area contributed by atoms with Crippen molar-refractivity contribution in [2.75, 3.05) is 0 Å². The van der Waals surface area contributed by atoms with Crippen molar-refractivity contribution in [2.45, 2.75) is 49.9 Å². The van der Waals surface area contributed by atoms with Gasteiger partial charge in [-0.1, -0.05) is 39.0 Å². The Balaban J connectivity index is 2.41. The molecule has 0 N–H and O–H groups in total. The molecule has 1 aromatic carbocycles. The summed E-state index contributed by atoms with van der Waals surface area (Å²) in [6.45, 7) is 5.68. The number of ether oxygens (including phenoxy) is 1. The second-order valence-electron chi connectivity index (χ2n) is 6.21. The first kappa shape index (κ1) is 15.0. The van der Waals surface area contributed by atoms with Crippen LogP contribution in [0.2, 0.25) is 0 Å². The highest BCUT2D eigenvalue weighted by molar-refractivity contribution is 7.92. The Morgan fingerprint density at radius 1 is 1.15 bits per heavy atom. The summed E-state index contributed by atoms with van der Waals surface area (Å²) in [6.07, 6.45) is -0.143. The number of hydrogen-bond acceptors (Lipinski definition) is 4. The standard InChI is InChI=1S/C15H20O4S/c1-15(2,3)14-12(9-10-13(16)19-14)20(17,18)11-7-5-4-6-8-11/h4-8,12,14H,9-10H2,1-3H3. The molecule has 0 aromatic heterocycles. The zero-order valence-corrected chi connectivity index (χ0v) is 12.8. The number of benzene rings is 1. The number of cyclic esters (lactones) is 1. The van der Waals surface area contributed by atoms with E-state index in [4.69, 9.17) is 4.74 Å². The minimum absolute atomic E-state index is 0.156. The van der Waals surface area contributed by atoms with Crippen LogP contribution in [0.4, 0.5) is 0 Å². The first-order valence-corrected chi connectivity index (χ1v) is 8.26. The quantitative estimate of drug-likeness (QED) is 0.787. The van der Waals surface area contributed by atoms with Gasteiger partial charge in [-0.3, -0.25) is 4.79 Å². The van der Waals surface area contributed by atoms with Gasteiger partial charge in [-0.2, -0.15) is 0 Å². The number of carbonyl (C=O) groups is 1. The largest absolute Gasteiger partial charge is 0.460 e. The van der Waals surface area contributed by atoms with Gasteiger partial charge in [-0.15, -0.1) is 0 Å². The van der Waals surface area contributed by atoms with Crippen molar-refractivity contribution < 1.29 is 17.9 Å². The van der Waals surface area contributed by atoms with Crippen LogP contribution in [-0.4, -0.2) is 25.7 Å².